The van der Waals surface area contributed by atoms with Crippen LogP contribution in [-0.2, 0) is 28.3 Å². The molecule has 4 nitrogen and oxygen atoms in total. The normalized spacial score (nSPS) is 11.8. The molecule has 3 aromatic carbocycles. The number of amides is 2. The maximum Gasteiger partial charge on any atom is 0.243 e. The number of carbonyl (C=O) groups is 2. The van der Waals surface area contributed by atoms with Crippen molar-refractivity contribution in [3.8, 4) is 0 Å². The van der Waals surface area contributed by atoms with E-state index in [1.165, 1.54) is 11.8 Å². The number of nitrogens with zero attached hydrogens (tertiary/aromatic N) is 1. The van der Waals surface area contributed by atoms with Crippen LogP contribution >= 0.6 is 35.0 Å². The monoisotopic (exact) mass is 556 g/mol. The maximum absolute atomic E-state index is 13.7. The molecule has 3 rings (SSSR count). The summed E-state index contributed by atoms with van der Waals surface area (Å²) >= 11 is 13.7. The molecule has 0 aromatic heterocycles. The molecule has 3 aromatic rings. The summed E-state index contributed by atoms with van der Waals surface area (Å²) in [5, 5.41) is 4.07. The van der Waals surface area contributed by atoms with Crippen molar-refractivity contribution in [3.63, 3.8) is 0 Å². The molecule has 1 unspecified atom stereocenters. The molecule has 196 valence electrons. The van der Waals surface area contributed by atoms with Gasteiger partial charge in [0, 0.05) is 25.3 Å². The molecule has 1 N–H and O–H groups in total. The van der Waals surface area contributed by atoms with Gasteiger partial charge in [-0.3, -0.25) is 9.59 Å². The lowest BCUT2D eigenvalue weighted by Gasteiger charge is -2.32. The van der Waals surface area contributed by atoms with E-state index in [0.29, 0.717) is 41.2 Å². The average molecular weight is 558 g/mol. The van der Waals surface area contributed by atoms with Crippen molar-refractivity contribution in [2.45, 2.75) is 45.5 Å². The number of thioether (sulfide) groups is 1. The van der Waals surface area contributed by atoms with Gasteiger partial charge in [0.05, 0.1) is 15.8 Å². The molecule has 0 saturated carbocycles. The van der Waals surface area contributed by atoms with Gasteiger partial charge in [-0.2, -0.15) is 0 Å². The largest absolute Gasteiger partial charge is 0.354 e. The Kier molecular flexibility index (Phi) is 11.4. The Labute approximate surface area is 234 Å². The van der Waals surface area contributed by atoms with Crippen LogP contribution < -0.4 is 5.32 Å². The summed E-state index contributed by atoms with van der Waals surface area (Å²) in [7, 11) is 0. The number of nitrogens with one attached hydrogen (secondary N) is 1. The minimum Gasteiger partial charge on any atom is -0.354 e. The SMILES string of the molecule is Cc1cccc(CN(C(=O)CSCc2ccc(Cl)c(Cl)c2)C(Cc2ccccc2)C(=O)NCC(C)C)c1. The zero-order valence-electron chi connectivity index (χ0n) is 21.5. The van der Waals surface area contributed by atoms with Gasteiger partial charge < -0.3 is 10.2 Å². The van der Waals surface area contributed by atoms with Crippen LogP contribution in [0.15, 0.2) is 72.8 Å². The fourth-order valence-corrected chi connectivity index (χ4v) is 5.13. The Hall–Kier alpha value is -2.47. The Morgan fingerprint density at radius 3 is 2.30 bits per heavy atom. The van der Waals surface area contributed by atoms with E-state index in [2.05, 4.69) is 25.2 Å². The third-order valence-electron chi connectivity index (χ3n) is 5.87. The van der Waals surface area contributed by atoms with Crippen molar-refractivity contribution in [3.05, 3.63) is 105 Å². The quantitative estimate of drug-likeness (QED) is 0.262. The van der Waals surface area contributed by atoms with E-state index in [-0.39, 0.29) is 17.6 Å². The highest BCUT2D eigenvalue weighted by Gasteiger charge is 2.30. The van der Waals surface area contributed by atoms with E-state index in [9.17, 15) is 9.59 Å². The first kappa shape index (κ1) is 29.1. The van der Waals surface area contributed by atoms with Crippen molar-refractivity contribution < 1.29 is 9.59 Å². The Morgan fingerprint density at radius 2 is 1.62 bits per heavy atom. The first-order valence-electron chi connectivity index (χ1n) is 12.4. The maximum atomic E-state index is 13.7. The first-order chi connectivity index (χ1) is 17.7. The number of aryl methyl sites for hydroxylation is 1. The summed E-state index contributed by atoms with van der Waals surface area (Å²) in [6.07, 6.45) is 0.444. The summed E-state index contributed by atoms with van der Waals surface area (Å²) < 4.78 is 0. The minimum atomic E-state index is -0.625. The summed E-state index contributed by atoms with van der Waals surface area (Å²) in [5.74, 6) is 0.961. The van der Waals surface area contributed by atoms with Gasteiger partial charge in [0.25, 0.3) is 0 Å². The van der Waals surface area contributed by atoms with Crippen LogP contribution in [-0.4, -0.2) is 35.1 Å². The molecule has 0 spiro atoms. The third-order valence-corrected chi connectivity index (χ3v) is 7.60. The van der Waals surface area contributed by atoms with Crippen LogP contribution in [0, 0.1) is 12.8 Å². The summed E-state index contributed by atoms with van der Waals surface area (Å²) in [5.41, 5.74) is 4.12. The molecule has 0 fully saturated rings. The summed E-state index contributed by atoms with van der Waals surface area (Å²) in [4.78, 5) is 28.9. The van der Waals surface area contributed by atoms with E-state index < -0.39 is 6.04 Å². The third kappa shape index (κ3) is 9.41. The van der Waals surface area contributed by atoms with E-state index >= 15 is 0 Å². The molecule has 0 aliphatic carbocycles. The Balaban J connectivity index is 1.84. The Morgan fingerprint density at radius 1 is 0.892 bits per heavy atom. The van der Waals surface area contributed by atoms with Crippen LogP contribution in [0.3, 0.4) is 0 Å². The fraction of sp³-hybridized carbons (Fsp3) is 0.333. The standard InChI is InChI=1S/C30H34Cl2N2O2S/c1-21(2)17-33-30(36)28(16-23-9-5-4-6-10-23)34(18-24-11-7-8-22(3)14-24)29(35)20-37-19-25-12-13-26(31)27(32)15-25/h4-15,21,28H,16-20H2,1-3H3,(H,33,36). The first-order valence-corrected chi connectivity index (χ1v) is 14.3. The second-order valence-corrected chi connectivity index (χ2v) is 11.4. The topological polar surface area (TPSA) is 49.4 Å². The van der Waals surface area contributed by atoms with E-state index in [1.54, 1.807) is 11.0 Å². The van der Waals surface area contributed by atoms with Crippen molar-refractivity contribution in [1.82, 2.24) is 10.2 Å². The molecule has 0 aliphatic rings. The highest BCUT2D eigenvalue weighted by Crippen LogP contribution is 2.25. The predicted octanol–water partition coefficient (Wildman–Crippen LogP) is 6.95. The number of halogens is 2. The molecule has 37 heavy (non-hydrogen) atoms. The number of benzene rings is 3. The van der Waals surface area contributed by atoms with Gasteiger partial charge in [-0.15, -0.1) is 11.8 Å². The van der Waals surface area contributed by atoms with Gasteiger partial charge in [0.2, 0.25) is 11.8 Å². The van der Waals surface area contributed by atoms with Gasteiger partial charge in [-0.25, -0.2) is 0 Å². The van der Waals surface area contributed by atoms with Crippen molar-refractivity contribution in [2.75, 3.05) is 12.3 Å². The van der Waals surface area contributed by atoms with E-state index in [1.807, 2.05) is 67.6 Å². The molecular weight excluding hydrogens is 523 g/mol. The van der Waals surface area contributed by atoms with Gasteiger partial charge in [0.15, 0.2) is 0 Å². The van der Waals surface area contributed by atoms with Crippen LogP contribution in [0.1, 0.15) is 36.1 Å². The number of carbonyl (C=O) groups excluding carboxylic acids is 2. The van der Waals surface area contributed by atoms with Crippen LogP contribution in [0.25, 0.3) is 0 Å². The fourth-order valence-electron chi connectivity index (χ4n) is 3.95. The van der Waals surface area contributed by atoms with Crippen molar-refractivity contribution in [1.29, 1.82) is 0 Å². The summed E-state index contributed by atoms with van der Waals surface area (Å²) in [6.45, 7) is 7.06. The van der Waals surface area contributed by atoms with Crippen molar-refractivity contribution >= 4 is 46.8 Å². The Bertz CT molecular complexity index is 1190. The molecule has 7 heteroatoms. The second-order valence-electron chi connectivity index (χ2n) is 9.60. The highest BCUT2D eigenvalue weighted by atomic mass is 35.5. The molecule has 0 heterocycles. The van der Waals surface area contributed by atoms with Crippen LogP contribution in [0.5, 0.6) is 0 Å². The van der Waals surface area contributed by atoms with Gasteiger partial charge in [0.1, 0.15) is 6.04 Å². The zero-order chi connectivity index (χ0) is 26.8. The molecular formula is C30H34Cl2N2O2S. The molecule has 0 saturated heterocycles. The molecule has 0 aliphatic heterocycles. The number of hydrogen-bond acceptors (Lipinski definition) is 3. The molecule has 2 amide bonds. The smallest absolute Gasteiger partial charge is 0.243 e. The number of hydrogen-bond donors (Lipinski definition) is 1. The lowest BCUT2D eigenvalue weighted by atomic mass is 10.0. The van der Waals surface area contributed by atoms with E-state index in [4.69, 9.17) is 23.2 Å². The lowest BCUT2D eigenvalue weighted by molar-refractivity contribution is -0.139. The lowest BCUT2D eigenvalue weighted by Crippen LogP contribution is -2.51. The minimum absolute atomic E-state index is 0.0767. The van der Waals surface area contributed by atoms with Crippen LogP contribution in [0.2, 0.25) is 10.0 Å². The molecule has 0 radical (unpaired) electrons. The average Bonchev–Trinajstić information content (AvgIpc) is 2.87. The molecule has 0 bridgehead atoms. The zero-order valence-corrected chi connectivity index (χ0v) is 23.9. The van der Waals surface area contributed by atoms with Crippen molar-refractivity contribution in [2.24, 2.45) is 5.92 Å². The number of rotatable bonds is 12. The highest BCUT2D eigenvalue weighted by molar-refractivity contribution is 7.99. The van der Waals surface area contributed by atoms with Gasteiger partial charge in [-0.1, -0.05) is 103 Å². The van der Waals surface area contributed by atoms with Crippen LogP contribution in [0.4, 0.5) is 0 Å². The molecule has 1 atom stereocenters. The van der Waals surface area contributed by atoms with Gasteiger partial charge in [-0.05, 0) is 41.7 Å². The van der Waals surface area contributed by atoms with E-state index in [0.717, 1.165) is 22.3 Å². The predicted molar refractivity (Wildman–Crippen MR) is 156 cm³/mol. The second kappa shape index (κ2) is 14.5. The summed E-state index contributed by atoms with van der Waals surface area (Å²) in [6, 6.07) is 22.8. The van der Waals surface area contributed by atoms with Gasteiger partial charge >= 0.3 is 0 Å².